The molecule has 24 heavy (non-hydrogen) atoms. The van der Waals surface area contributed by atoms with Gasteiger partial charge in [-0.05, 0) is 24.5 Å². The predicted octanol–water partition coefficient (Wildman–Crippen LogP) is 3.17. The Bertz CT molecular complexity index is 784. The van der Waals surface area contributed by atoms with Crippen LogP contribution in [0.15, 0.2) is 18.2 Å². The van der Waals surface area contributed by atoms with Crippen LogP contribution in [-0.2, 0) is 16.1 Å². The van der Waals surface area contributed by atoms with Gasteiger partial charge in [0.05, 0.1) is 11.5 Å². The Morgan fingerprint density at radius 3 is 2.83 bits per heavy atom. The summed E-state index contributed by atoms with van der Waals surface area (Å²) in [6, 6.07) is 3.73. The highest BCUT2D eigenvalue weighted by Gasteiger charge is 2.31. The molecule has 2 aromatic rings. The number of carboxylic acid groups (broad SMARTS) is 1. The highest BCUT2D eigenvalue weighted by atomic mass is 32.1. The molecule has 128 valence electrons. The molecule has 0 spiro atoms. The van der Waals surface area contributed by atoms with Gasteiger partial charge in [-0.3, -0.25) is 4.79 Å². The number of hydrogen-bond donors (Lipinski definition) is 2. The van der Waals surface area contributed by atoms with E-state index in [4.69, 9.17) is 4.74 Å². The first kappa shape index (κ1) is 16.9. The summed E-state index contributed by atoms with van der Waals surface area (Å²) < 4.78 is 19.9. The summed E-state index contributed by atoms with van der Waals surface area (Å²) in [5, 5.41) is 12.2. The van der Waals surface area contributed by atoms with Gasteiger partial charge in [0.15, 0.2) is 0 Å². The summed E-state index contributed by atoms with van der Waals surface area (Å²) in [7, 11) is 1.47. The van der Waals surface area contributed by atoms with E-state index in [1.807, 2.05) is 0 Å². The lowest BCUT2D eigenvalue weighted by Crippen LogP contribution is -2.41. The minimum atomic E-state index is -1.05. The van der Waals surface area contributed by atoms with Crippen molar-refractivity contribution in [3.8, 4) is 0 Å². The first-order chi connectivity index (χ1) is 11.5. The first-order valence-electron chi connectivity index (χ1n) is 7.73. The number of halogens is 1. The van der Waals surface area contributed by atoms with E-state index in [1.165, 1.54) is 13.2 Å². The molecule has 0 aliphatic heterocycles. The van der Waals surface area contributed by atoms with Gasteiger partial charge >= 0.3 is 5.97 Å². The molecule has 3 rings (SSSR count). The molecule has 1 aliphatic rings. The SMILES string of the molecule is COCc1c(C(=O)NC(CC2CC2)C(=O)O)sc2cccc(F)c12. The maximum absolute atomic E-state index is 14.1. The van der Waals surface area contributed by atoms with E-state index < -0.39 is 23.7 Å². The normalized spacial score (nSPS) is 15.4. The lowest BCUT2D eigenvalue weighted by molar-refractivity contribution is -0.139. The monoisotopic (exact) mass is 351 g/mol. The summed E-state index contributed by atoms with van der Waals surface area (Å²) in [6.07, 6.45) is 2.44. The van der Waals surface area contributed by atoms with E-state index >= 15 is 0 Å². The lowest BCUT2D eigenvalue weighted by Gasteiger charge is -2.14. The van der Waals surface area contributed by atoms with E-state index in [-0.39, 0.29) is 6.61 Å². The van der Waals surface area contributed by atoms with E-state index in [0.29, 0.717) is 32.9 Å². The summed E-state index contributed by atoms with van der Waals surface area (Å²) in [5.41, 5.74) is 0.462. The molecular weight excluding hydrogens is 333 g/mol. The molecule has 5 nitrogen and oxygen atoms in total. The Kier molecular flexibility index (Phi) is 4.82. The van der Waals surface area contributed by atoms with Crippen LogP contribution in [0.1, 0.15) is 34.5 Å². The molecule has 0 radical (unpaired) electrons. The van der Waals surface area contributed by atoms with Crippen LogP contribution in [0.5, 0.6) is 0 Å². The fraction of sp³-hybridized carbons (Fsp3) is 0.412. The Balaban J connectivity index is 1.92. The molecule has 1 saturated carbocycles. The number of benzene rings is 1. The molecule has 1 aliphatic carbocycles. The molecule has 0 bridgehead atoms. The number of methoxy groups -OCH3 is 1. The van der Waals surface area contributed by atoms with Crippen molar-refractivity contribution in [3.63, 3.8) is 0 Å². The highest BCUT2D eigenvalue weighted by molar-refractivity contribution is 7.21. The molecule has 1 atom stereocenters. The topological polar surface area (TPSA) is 75.6 Å². The Morgan fingerprint density at radius 1 is 1.46 bits per heavy atom. The minimum absolute atomic E-state index is 0.0874. The van der Waals surface area contributed by atoms with Gasteiger partial charge in [-0.2, -0.15) is 0 Å². The third-order valence-corrected chi connectivity index (χ3v) is 5.32. The standard InChI is InChI=1S/C17H18FNO4S/c1-23-8-10-14-11(18)3-2-4-13(14)24-15(10)16(20)19-12(17(21)22)7-9-5-6-9/h2-4,9,12H,5-8H2,1H3,(H,19,20)(H,21,22). The lowest BCUT2D eigenvalue weighted by atomic mass is 10.1. The van der Waals surface area contributed by atoms with Gasteiger partial charge in [0.25, 0.3) is 5.91 Å². The average Bonchev–Trinajstić information content (AvgIpc) is 3.27. The van der Waals surface area contributed by atoms with Gasteiger partial charge in [-0.15, -0.1) is 11.3 Å². The van der Waals surface area contributed by atoms with Crippen LogP contribution in [0.25, 0.3) is 10.1 Å². The smallest absolute Gasteiger partial charge is 0.326 e. The Labute approximate surface area is 142 Å². The third kappa shape index (κ3) is 3.42. The van der Waals surface area contributed by atoms with Crippen LogP contribution in [0.4, 0.5) is 4.39 Å². The van der Waals surface area contributed by atoms with Crippen molar-refractivity contribution >= 4 is 33.3 Å². The summed E-state index contributed by atoms with van der Waals surface area (Å²) in [6.45, 7) is 0.0874. The van der Waals surface area contributed by atoms with Crippen LogP contribution in [0.3, 0.4) is 0 Å². The number of nitrogens with one attached hydrogen (secondary N) is 1. The predicted molar refractivity (Wildman–Crippen MR) is 88.7 cm³/mol. The van der Waals surface area contributed by atoms with Crippen LogP contribution < -0.4 is 5.32 Å². The number of carbonyl (C=O) groups is 2. The van der Waals surface area contributed by atoms with Crippen molar-refractivity contribution in [2.24, 2.45) is 5.92 Å². The zero-order chi connectivity index (χ0) is 17.3. The Morgan fingerprint density at radius 2 is 2.21 bits per heavy atom. The number of aliphatic carboxylic acids is 1. The molecule has 1 aromatic carbocycles. The van der Waals surface area contributed by atoms with Crippen molar-refractivity contribution in [1.29, 1.82) is 0 Å². The number of carbonyl (C=O) groups excluding carboxylic acids is 1. The second kappa shape index (κ2) is 6.86. The summed E-state index contributed by atoms with van der Waals surface area (Å²) >= 11 is 1.15. The van der Waals surface area contributed by atoms with Crippen molar-refractivity contribution < 1.29 is 23.8 Å². The second-order valence-electron chi connectivity index (χ2n) is 6.00. The van der Waals surface area contributed by atoms with E-state index in [0.717, 1.165) is 24.2 Å². The number of carboxylic acids is 1. The van der Waals surface area contributed by atoms with Gasteiger partial charge in [-0.25, -0.2) is 9.18 Å². The number of fused-ring (bicyclic) bond motifs is 1. The van der Waals surface area contributed by atoms with Gasteiger partial charge < -0.3 is 15.2 Å². The minimum Gasteiger partial charge on any atom is -0.480 e. The molecule has 1 unspecified atom stereocenters. The second-order valence-corrected chi connectivity index (χ2v) is 7.05. The fourth-order valence-corrected chi connectivity index (χ4v) is 3.89. The molecule has 7 heteroatoms. The van der Waals surface area contributed by atoms with Crippen LogP contribution in [0, 0.1) is 11.7 Å². The molecule has 1 aromatic heterocycles. The van der Waals surface area contributed by atoms with Crippen molar-refractivity contribution in [2.45, 2.75) is 31.9 Å². The number of thiophene rings is 1. The third-order valence-electron chi connectivity index (χ3n) is 4.13. The number of amides is 1. The molecule has 2 N–H and O–H groups in total. The van der Waals surface area contributed by atoms with Gasteiger partial charge in [-0.1, -0.05) is 18.9 Å². The molecular formula is C17H18FNO4S. The molecule has 1 heterocycles. The maximum Gasteiger partial charge on any atom is 0.326 e. The number of ether oxygens (including phenoxy) is 1. The summed E-state index contributed by atoms with van der Waals surface area (Å²) in [4.78, 5) is 24.3. The average molecular weight is 351 g/mol. The van der Waals surface area contributed by atoms with E-state index in [2.05, 4.69) is 5.32 Å². The van der Waals surface area contributed by atoms with Crippen LogP contribution in [0.2, 0.25) is 0 Å². The van der Waals surface area contributed by atoms with E-state index in [1.54, 1.807) is 12.1 Å². The zero-order valence-corrected chi connectivity index (χ0v) is 14.0. The highest BCUT2D eigenvalue weighted by Crippen LogP contribution is 2.35. The van der Waals surface area contributed by atoms with Gasteiger partial charge in [0, 0.05) is 22.8 Å². The summed E-state index contributed by atoms with van der Waals surface area (Å²) in [5.74, 6) is -1.58. The zero-order valence-electron chi connectivity index (χ0n) is 13.2. The molecule has 1 amide bonds. The molecule has 0 saturated heterocycles. The first-order valence-corrected chi connectivity index (χ1v) is 8.55. The number of hydrogen-bond acceptors (Lipinski definition) is 4. The van der Waals surface area contributed by atoms with Crippen LogP contribution >= 0.6 is 11.3 Å². The van der Waals surface area contributed by atoms with E-state index in [9.17, 15) is 19.1 Å². The number of rotatable bonds is 7. The largest absolute Gasteiger partial charge is 0.480 e. The van der Waals surface area contributed by atoms with Crippen molar-refractivity contribution in [3.05, 3.63) is 34.5 Å². The fourth-order valence-electron chi connectivity index (χ4n) is 2.76. The van der Waals surface area contributed by atoms with Gasteiger partial charge in [0.1, 0.15) is 11.9 Å². The van der Waals surface area contributed by atoms with Crippen LogP contribution in [-0.4, -0.2) is 30.1 Å². The van der Waals surface area contributed by atoms with Crippen molar-refractivity contribution in [2.75, 3.05) is 7.11 Å². The maximum atomic E-state index is 14.1. The molecule has 1 fully saturated rings. The quantitative estimate of drug-likeness (QED) is 0.803. The Hall–Kier alpha value is -1.99. The van der Waals surface area contributed by atoms with Gasteiger partial charge in [0.2, 0.25) is 0 Å². The van der Waals surface area contributed by atoms with Crippen molar-refractivity contribution in [1.82, 2.24) is 5.32 Å².